The second-order valence-electron chi connectivity index (χ2n) is 6.93. The first-order valence-corrected chi connectivity index (χ1v) is 10.8. The van der Waals surface area contributed by atoms with Crippen molar-refractivity contribution in [3.63, 3.8) is 0 Å². The van der Waals surface area contributed by atoms with E-state index in [4.69, 9.17) is 4.74 Å². The largest absolute Gasteiger partial charge is 0.491 e. The molecule has 0 N–H and O–H groups in total. The third-order valence-corrected chi connectivity index (χ3v) is 6.66. The molecule has 0 aliphatic heterocycles. The molecule has 0 amide bonds. The zero-order chi connectivity index (χ0) is 22.2. The number of hydrogen-bond donors (Lipinski definition) is 0. The highest BCUT2D eigenvalue weighted by molar-refractivity contribution is 7.90. The van der Waals surface area contributed by atoms with Gasteiger partial charge in [-0.25, -0.2) is 21.2 Å². The molecule has 0 unspecified atom stereocenters. The van der Waals surface area contributed by atoms with Gasteiger partial charge in [-0.05, 0) is 35.9 Å². The Kier molecular flexibility index (Phi) is 5.36. The first-order valence-electron chi connectivity index (χ1n) is 9.32. The smallest absolute Gasteiger partial charge is 0.269 e. The Morgan fingerprint density at radius 2 is 1.87 bits per heavy atom. The van der Waals surface area contributed by atoms with Gasteiger partial charge in [0.15, 0.2) is 17.4 Å². The molecule has 0 saturated carbocycles. The summed E-state index contributed by atoms with van der Waals surface area (Å²) in [7, 11) is -1.04. The van der Waals surface area contributed by atoms with Crippen LogP contribution in [0.4, 0.5) is 14.5 Å². The average Bonchev–Trinajstić information content (AvgIpc) is 3.14. The van der Waals surface area contributed by atoms with Gasteiger partial charge in [0, 0.05) is 37.6 Å². The van der Waals surface area contributed by atoms with Crippen molar-refractivity contribution in [2.45, 2.75) is 11.4 Å². The number of aromatic nitrogens is 2. The van der Waals surface area contributed by atoms with E-state index >= 15 is 0 Å². The van der Waals surface area contributed by atoms with Gasteiger partial charge in [-0.15, -0.1) is 0 Å². The van der Waals surface area contributed by atoms with Gasteiger partial charge in [-0.1, -0.05) is 18.2 Å². The molecule has 0 aliphatic rings. The van der Waals surface area contributed by atoms with Gasteiger partial charge in [0.1, 0.15) is 4.90 Å². The number of nitrogens with zero attached hydrogens (tertiary/aromatic N) is 3. The summed E-state index contributed by atoms with van der Waals surface area (Å²) in [6.07, 6.45) is 4.30. The van der Waals surface area contributed by atoms with Crippen molar-refractivity contribution in [3.05, 3.63) is 84.3 Å². The lowest BCUT2D eigenvalue weighted by Crippen LogP contribution is -2.18. The molecule has 0 atom stereocenters. The zero-order valence-electron chi connectivity index (χ0n) is 16.8. The molecule has 31 heavy (non-hydrogen) atoms. The predicted octanol–water partition coefficient (Wildman–Crippen LogP) is 4.20. The van der Waals surface area contributed by atoms with Crippen molar-refractivity contribution < 1.29 is 21.9 Å². The summed E-state index contributed by atoms with van der Waals surface area (Å²) in [6, 6.07) is 12.5. The monoisotopic (exact) mass is 443 g/mol. The van der Waals surface area contributed by atoms with Crippen LogP contribution in [0.25, 0.3) is 10.9 Å². The van der Waals surface area contributed by atoms with E-state index in [1.54, 1.807) is 42.3 Å². The number of hydrogen-bond acceptors (Lipinski definition) is 5. The summed E-state index contributed by atoms with van der Waals surface area (Å²) in [6.45, 7) is 0.182. The fraction of sp³-hybridized carbons (Fsp3) is 0.136. The maximum Gasteiger partial charge on any atom is 0.269 e. The molecule has 0 radical (unpaired) electrons. The first-order chi connectivity index (χ1) is 14.8. The van der Waals surface area contributed by atoms with Crippen molar-refractivity contribution in [1.29, 1.82) is 0 Å². The van der Waals surface area contributed by atoms with Crippen molar-refractivity contribution in [2.24, 2.45) is 0 Å². The second kappa shape index (κ2) is 7.99. The second-order valence-corrected chi connectivity index (χ2v) is 8.75. The quantitative estimate of drug-likeness (QED) is 0.447. The van der Waals surface area contributed by atoms with Crippen LogP contribution in [0, 0.1) is 11.6 Å². The van der Waals surface area contributed by atoms with Crippen LogP contribution in [0.15, 0.2) is 72.0 Å². The molecule has 0 aliphatic carbocycles. The highest BCUT2D eigenvalue weighted by atomic mass is 32.2. The highest BCUT2D eigenvalue weighted by Crippen LogP contribution is 2.32. The first kappa shape index (κ1) is 20.8. The van der Waals surface area contributed by atoms with Gasteiger partial charge in [-0.3, -0.25) is 4.98 Å². The number of benzene rings is 2. The Bertz CT molecular complexity index is 1360. The van der Waals surface area contributed by atoms with E-state index in [2.05, 4.69) is 4.98 Å². The van der Waals surface area contributed by atoms with Crippen LogP contribution < -0.4 is 9.64 Å². The van der Waals surface area contributed by atoms with Gasteiger partial charge < -0.3 is 9.64 Å². The fourth-order valence-electron chi connectivity index (χ4n) is 3.50. The molecule has 4 aromatic rings. The number of fused-ring (bicyclic) bond motifs is 1. The van der Waals surface area contributed by atoms with E-state index in [0.717, 1.165) is 6.07 Å². The summed E-state index contributed by atoms with van der Waals surface area (Å²) in [5.41, 5.74) is 1.28. The van der Waals surface area contributed by atoms with Gasteiger partial charge in [0.05, 0.1) is 18.3 Å². The van der Waals surface area contributed by atoms with Crippen LogP contribution in [0.5, 0.6) is 5.75 Å². The minimum atomic E-state index is -3.88. The van der Waals surface area contributed by atoms with E-state index in [1.807, 2.05) is 0 Å². The minimum absolute atomic E-state index is 0.0602. The van der Waals surface area contributed by atoms with Crippen LogP contribution >= 0.6 is 0 Å². The number of rotatable bonds is 6. The average molecular weight is 443 g/mol. The predicted molar refractivity (Wildman–Crippen MR) is 114 cm³/mol. The number of para-hydroxylation sites is 1. The summed E-state index contributed by atoms with van der Waals surface area (Å²) < 4.78 is 60.9. The van der Waals surface area contributed by atoms with E-state index in [9.17, 15) is 17.2 Å². The van der Waals surface area contributed by atoms with E-state index in [-0.39, 0.29) is 17.1 Å². The Morgan fingerprint density at radius 1 is 1.10 bits per heavy atom. The van der Waals surface area contributed by atoms with Gasteiger partial charge in [-0.2, -0.15) is 0 Å². The Hall–Kier alpha value is -3.46. The summed E-state index contributed by atoms with van der Waals surface area (Å²) in [5, 5.41) is 0.705. The molecule has 0 saturated heterocycles. The van der Waals surface area contributed by atoms with E-state index in [1.165, 1.54) is 41.8 Å². The molecule has 0 spiro atoms. The van der Waals surface area contributed by atoms with Crippen molar-refractivity contribution in [1.82, 2.24) is 8.96 Å². The molecule has 2 aromatic heterocycles. The Balaban J connectivity index is 1.79. The van der Waals surface area contributed by atoms with E-state index in [0.29, 0.717) is 16.5 Å². The lowest BCUT2D eigenvalue weighted by Gasteiger charge is -2.20. The summed E-state index contributed by atoms with van der Waals surface area (Å²) in [4.78, 5) is 5.53. The van der Waals surface area contributed by atoms with Gasteiger partial charge in [0.2, 0.25) is 0 Å². The van der Waals surface area contributed by atoms with Crippen LogP contribution in [-0.4, -0.2) is 31.5 Å². The van der Waals surface area contributed by atoms with Crippen molar-refractivity contribution in [2.75, 3.05) is 19.1 Å². The van der Waals surface area contributed by atoms with Crippen molar-refractivity contribution in [3.8, 4) is 5.75 Å². The maximum absolute atomic E-state index is 14.7. The number of ether oxygens (including phenoxy) is 1. The fourth-order valence-corrected chi connectivity index (χ4v) is 4.86. The van der Waals surface area contributed by atoms with Crippen molar-refractivity contribution >= 4 is 26.6 Å². The number of anilines is 1. The number of pyridine rings is 1. The zero-order valence-corrected chi connectivity index (χ0v) is 17.6. The molecule has 4 rings (SSSR count). The third kappa shape index (κ3) is 3.61. The normalized spacial score (nSPS) is 11.6. The number of halogens is 2. The minimum Gasteiger partial charge on any atom is -0.491 e. The van der Waals surface area contributed by atoms with Crippen LogP contribution in [-0.2, 0) is 16.6 Å². The lowest BCUT2D eigenvalue weighted by atomic mass is 10.1. The van der Waals surface area contributed by atoms with E-state index < -0.39 is 27.4 Å². The number of methoxy groups -OCH3 is 1. The van der Waals surface area contributed by atoms with Crippen LogP contribution in [0.3, 0.4) is 0 Å². The SMILES string of the molecule is COc1c(F)ccc(N(C)Cc2cn(S(=O)(=O)c3cccnc3)c3ccccc23)c1F. The van der Waals surface area contributed by atoms with Crippen LogP contribution in [0.2, 0.25) is 0 Å². The maximum atomic E-state index is 14.7. The molecule has 0 bridgehead atoms. The van der Waals surface area contributed by atoms with Crippen LogP contribution in [0.1, 0.15) is 5.56 Å². The lowest BCUT2D eigenvalue weighted by molar-refractivity contribution is 0.360. The Morgan fingerprint density at radius 3 is 2.58 bits per heavy atom. The highest BCUT2D eigenvalue weighted by Gasteiger charge is 2.23. The topological polar surface area (TPSA) is 64.4 Å². The molecule has 2 aromatic carbocycles. The molecule has 6 nitrogen and oxygen atoms in total. The van der Waals surface area contributed by atoms with Gasteiger partial charge in [0.25, 0.3) is 10.0 Å². The molecule has 0 fully saturated rings. The molecular weight excluding hydrogens is 424 g/mol. The molecular formula is C22H19F2N3O3S. The molecule has 2 heterocycles. The summed E-state index contributed by atoms with van der Waals surface area (Å²) >= 11 is 0. The Labute approximate surface area is 178 Å². The summed E-state index contributed by atoms with van der Waals surface area (Å²) in [5.74, 6) is -2.08. The third-order valence-electron chi connectivity index (χ3n) is 5.00. The molecule has 9 heteroatoms. The molecule has 160 valence electrons. The van der Waals surface area contributed by atoms with Gasteiger partial charge >= 0.3 is 0 Å². The standard InChI is InChI=1S/C22H19F2N3O3S/c1-26(20-10-9-18(23)22(30-2)21(20)24)13-15-14-27(19-8-4-3-7-17(15)19)31(28,29)16-6-5-11-25-12-16/h3-12,14H,13H2,1-2H3.